The third-order valence-corrected chi connectivity index (χ3v) is 33.9. The first-order valence-electron chi connectivity index (χ1n) is 50.8. The highest BCUT2D eigenvalue weighted by Gasteiger charge is 2.64. The molecule has 5 aromatic carbocycles. The Morgan fingerprint density at radius 2 is 0.655 bits per heavy atom. The average Bonchev–Trinajstić information content (AvgIpc) is 1.56. The maximum Gasteiger partial charge on any atom is 0.327 e. The number of imide groups is 6. The summed E-state index contributed by atoms with van der Waals surface area (Å²) in [5.74, 6) is -1.05. The van der Waals surface area contributed by atoms with Crippen molar-refractivity contribution >= 4 is 106 Å². The molecule has 0 radical (unpaired) electrons. The Kier molecular flexibility index (Phi) is 32.6. The molecule has 6 aliphatic heterocycles. The fraction of sp³-hybridized carbons (Fsp3) is 0.491. The lowest BCUT2D eigenvalue weighted by molar-refractivity contribution is -0.136. The number of likely N-dealkylation sites (N-methyl/N-ethyl adjacent to an activating group) is 6. The van der Waals surface area contributed by atoms with Gasteiger partial charge in [-0.25, -0.2) is 28.8 Å². The van der Waals surface area contributed by atoms with Gasteiger partial charge in [0.15, 0.2) is 34.7 Å². The third-order valence-electron chi connectivity index (χ3n) is 33.9. The van der Waals surface area contributed by atoms with Crippen LogP contribution in [-0.2, 0) is 35.2 Å². The molecule has 2 bridgehead atoms. The summed E-state index contributed by atoms with van der Waals surface area (Å²) >= 11 is 0. The zero-order valence-corrected chi connectivity index (χ0v) is 85.5. The van der Waals surface area contributed by atoms with Crippen LogP contribution >= 0.6 is 0 Å². The van der Waals surface area contributed by atoms with E-state index in [1.807, 2.05) is 84.0 Å². The molecule has 6 aliphatic carbocycles. The van der Waals surface area contributed by atoms with Crippen LogP contribution in [0.4, 0.5) is 28.8 Å². The Morgan fingerprint density at radius 3 is 1.00 bits per heavy atom. The smallest absolute Gasteiger partial charge is 0.327 e. The van der Waals surface area contributed by atoms with Crippen molar-refractivity contribution in [2.24, 2.45) is 41.4 Å². The van der Waals surface area contributed by atoms with Gasteiger partial charge in [-0.3, -0.25) is 91.9 Å². The monoisotopic (exact) mass is 1980 g/mol. The van der Waals surface area contributed by atoms with Crippen LogP contribution < -0.4 is 0 Å². The number of urea groups is 6. The summed E-state index contributed by atoms with van der Waals surface area (Å²) in [5, 5.41) is 9.51. The first-order valence-corrected chi connectivity index (χ1v) is 50.8. The molecule has 6 saturated heterocycles. The first-order chi connectivity index (χ1) is 69.0. The van der Waals surface area contributed by atoms with Crippen molar-refractivity contribution in [3.63, 3.8) is 0 Å². The van der Waals surface area contributed by atoms with Crippen molar-refractivity contribution in [1.29, 1.82) is 0 Å². The van der Waals surface area contributed by atoms with Gasteiger partial charge in [-0.2, -0.15) is 0 Å². The normalized spacial score (nSPS) is 26.0. The van der Waals surface area contributed by atoms with Gasteiger partial charge in [-0.05, 0) is 208 Å². The SMILES string of the molecule is CN1C(=O)N(CC(=O)c2ccc[nH]2)C(=O)C1(C)C1C[C@@H]2CC[C@H]1C2.CN1C(=O)N(CC(=O)c2cccc(O)c2)C(=O)C1(C)C1CCCCC1.CN1C(=O)N(CC(=O)c2ccccc2)C(=O)C1(C)C1CCCC1.CN1C(=O)N(CC(=O)c2ccccc2)C(=O)C1(C)C1CCCCC1.CN1C(=O)N(CC(=O)c2cccnc2)C(=O)C1(C)C1CCCC1.Cc1ccccc1CC1(C)C(=O)N(CC(=O)c2ccccc2)C(=O)N1C. The number of rotatable bonds is 25. The molecule has 145 heavy (non-hydrogen) atoms. The molecule has 18 amide bonds. The van der Waals surface area contributed by atoms with Gasteiger partial charge < -0.3 is 39.5 Å². The molecule has 33 nitrogen and oxygen atoms in total. The van der Waals surface area contributed by atoms with Crippen LogP contribution in [0, 0.1) is 48.3 Å². The number of Topliss-reactive ketones (excluding diaryl/α,β-unsaturated/α-hetero) is 6. The summed E-state index contributed by atoms with van der Waals surface area (Å²) in [6, 6.07) is 44.4. The van der Waals surface area contributed by atoms with Crippen molar-refractivity contribution in [3.8, 4) is 5.75 Å². The molecule has 6 saturated carbocycles. The summed E-state index contributed by atoms with van der Waals surface area (Å²) in [5.41, 5.74) is -0.432. The van der Waals surface area contributed by atoms with Crippen molar-refractivity contribution in [1.82, 2.24) is 68.8 Å². The Hall–Kier alpha value is -14.0. The molecule has 2 N–H and O–H groups in total. The topological polar surface area (TPSA) is 395 Å². The number of amides is 18. The number of aromatic nitrogens is 2. The standard InChI is InChI=1S/C21H22N2O3.C19H24N2O4.C19H24N2O3.C18H23N3O3.C18H22N2O3.C17H21N3O3/c1-15-9-7-8-12-17(15)13-21(2)19(25)23(20(26)22(21)3)14-18(24)16-10-5-4-6-11-16;1-19(14-8-4-3-5-9-14)17(24)21(18(25)20(19)2)12-16(23)13-7-6-10-15(22)11-13;1-19(15-11-7-4-8-12-15)17(23)21(18(24)20(19)2)13-16(22)14-9-5-3-6-10-14;1-18(13-9-11-5-6-12(13)8-11)16(23)21(17(24)20(18)2)10-15(22)14-4-3-7-19-14;1-18(14-10-6-7-11-14)16(22)20(17(23)19(18)2)12-15(21)13-8-4-3-5-9-13;1-17(13-7-3-4-8-13)15(22)20(16(23)19(17)2)11-14(21)12-6-5-9-18-10-12/h4-12H,13-14H2,1-3H3;6-7,10-11,14,22H,3-5,8-9,12H2,1-2H3;3,5-6,9-10,15H,4,7-8,11-13H2,1-2H3;3-4,7,11-13,19H,5-6,8-10H2,1-2H3;3-5,8-9,14H,6-7,10-12H2,1-2H3;5-6,9-10,13H,3-4,7-8,11H2,1-2H3/t;;;11-,12+,13?,18?;;/m...1../s1. The molecular formula is C112H136N14O19. The molecule has 2 aromatic heterocycles. The number of nitrogens with zero attached hydrogens (tertiary/aromatic N) is 13. The Labute approximate surface area is 847 Å². The number of benzene rings is 5. The number of hydrogen-bond donors (Lipinski definition) is 2. The fourth-order valence-corrected chi connectivity index (χ4v) is 24.0. The summed E-state index contributed by atoms with van der Waals surface area (Å²) < 4.78 is 0. The molecular weight excluding hydrogens is 1850 g/mol. The quantitative estimate of drug-likeness (QED) is 0.0396. The maximum absolute atomic E-state index is 13.1. The summed E-state index contributed by atoms with van der Waals surface area (Å²) in [6.45, 7) is 11.6. The molecule has 9 atom stereocenters. The highest BCUT2D eigenvalue weighted by molar-refractivity contribution is 6.16. The van der Waals surface area contributed by atoms with E-state index in [0.717, 1.165) is 163 Å². The second-order valence-corrected chi connectivity index (χ2v) is 41.9. The zero-order valence-electron chi connectivity index (χ0n) is 85.5. The number of nitrogens with one attached hydrogen (secondary N) is 1. The van der Waals surface area contributed by atoms with Crippen LogP contribution in [0.3, 0.4) is 0 Å². The van der Waals surface area contributed by atoms with Gasteiger partial charge in [-0.1, -0.05) is 198 Å². The number of aryl methyl sites for hydroxylation is 1. The number of ketones is 6. The van der Waals surface area contributed by atoms with Crippen molar-refractivity contribution in [2.75, 3.05) is 81.6 Å². The van der Waals surface area contributed by atoms with E-state index >= 15 is 0 Å². The van der Waals surface area contributed by atoms with Crippen LogP contribution in [0.5, 0.6) is 5.75 Å². The van der Waals surface area contributed by atoms with Crippen LogP contribution in [0.15, 0.2) is 182 Å². The fourth-order valence-electron chi connectivity index (χ4n) is 24.0. The van der Waals surface area contributed by atoms with E-state index in [-0.39, 0.29) is 174 Å². The molecule has 12 fully saturated rings. The van der Waals surface area contributed by atoms with E-state index in [4.69, 9.17) is 0 Å². The molecule has 33 heteroatoms. The number of pyridine rings is 1. The minimum Gasteiger partial charge on any atom is -0.508 e. The van der Waals surface area contributed by atoms with Crippen LogP contribution in [0.25, 0.3) is 0 Å². The van der Waals surface area contributed by atoms with Crippen molar-refractivity contribution in [2.45, 2.75) is 229 Å². The number of carbonyl (C=O) groups excluding carboxylic acids is 18. The first kappa shape index (κ1) is 107. The minimum atomic E-state index is -1.000. The Bertz CT molecular complexity index is 5970. The number of aromatic hydroxyl groups is 1. The number of phenols is 1. The summed E-state index contributed by atoms with van der Waals surface area (Å²) in [7, 11) is 9.98. The maximum atomic E-state index is 13.1. The lowest BCUT2D eigenvalue weighted by Crippen LogP contribution is -2.53. The lowest BCUT2D eigenvalue weighted by Gasteiger charge is -2.39. The van der Waals surface area contributed by atoms with Gasteiger partial charge in [0, 0.05) is 95.1 Å². The van der Waals surface area contributed by atoms with Crippen LogP contribution in [-0.4, -0.2) is 295 Å². The number of carbonyl (C=O) groups is 18. The molecule has 12 aliphatic rings. The van der Waals surface area contributed by atoms with Crippen LogP contribution in [0.1, 0.15) is 256 Å². The summed E-state index contributed by atoms with van der Waals surface area (Å²) in [6.07, 6.45) is 28.3. The van der Waals surface area contributed by atoms with Gasteiger partial charge in [0.1, 0.15) is 39.0 Å². The van der Waals surface area contributed by atoms with E-state index in [9.17, 15) is 91.4 Å². The number of hydrogen-bond acceptors (Lipinski definition) is 20. The Morgan fingerprint density at radius 1 is 0.331 bits per heavy atom. The molecule has 7 unspecified atom stereocenters. The number of phenolic OH excluding ortho intramolecular Hbond substituents is 1. The zero-order chi connectivity index (χ0) is 105. The molecule has 7 aromatic rings. The van der Waals surface area contributed by atoms with Gasteiger partial charge >= 0.3 is 36.2 Å². The van der Waals surface area contributed by atoms with E-state index in [2.05, 4.69) is 9.97 Å². The largest absolute Gasteiger partial charge is 0.508 e. The van der Waals surface area contributed by atoms with E-state index < -0.39 is 45.3 Å². The van der Waals surface area contributed by atoms with Gasteiger partial charge in [0.05, 0.1) is 45.0 Å². The number of H-pyrrole nitrogens is 1. The Balaban J connectivity index is 0.000000138. The predicted molar refractivity (Wildman–Crippen MR) is 539 cm³/mol. The van der Waals surface area contributed by atoms with Gasteiger partial charge in [-0.15, -0.1) is 0 Å². The highest BCUT2D eigenvalue weighted by atomic mass is 16.3. The average molecular weight is 1980 g/mol. The summed E-state index contributed by atoms with van der Waals surface area (Å²) in [4.78, 5) is 250. The molecule has 8 heterocycles. The number of aromatic amines is 1. The molecule has 768 valence electrons. The lowest BCUT2D eigenvalue weighted by atomic mass is 9.74. The van der Waals surface area contributed by atoms with Gasteiger partial charge in [0.2, 0.25) is 0 Å². The van der Waals surface area contributed by atoms with Crippen molar-refractivity contribution in [3.05, 3.63) is 227 Å². The second kappa shape index (κ2) is 44.3. The highest BCUT2D eigenvalue weighted by Crippen LogP contribution is 2.56. The van der Waals surface area contributed by atoms with Crippen LogP contribution in [0.2, 0.25) is 0 Å². The van der Waals surface area contributed by atoms with Gasteiger partial charge in [0.25, 0.3) is 35.4 Å². The second-order valence-electron chi connectivity index (χ2n) is 41.9. The van der Waals surface area contributed by atoms with Crippen molar-refractivity contribution < 1.29 is 91.4 Å². The number of fused-ring (bicyclic) bond motifs is 2. The third kappa shape index (κ3) is 20.8. The van der Waals surface area contributed by atoms with E-state index in [1.165, 1.54) is 57.2 Å². The molecule has 19 rings (SSSR count). The van der Waals surface area contributed by atoms with E-state index in [1.54, 1.807) is 181 Å². The predicted octanol–water partition coefficient (Wildman–Crippen LogP) is 16.1. The van der Waals surface area contributed by atoms with E-state index in [0.29, 0.717) is 46.2 Å². The molecule has 0 spiro atoms. The minimum absolute atomic E-state index is 0.0194.